The minimum absolute atomic E-state index is 0.165. The summed E-state index contributed by atoms with van der Waals surface area (Å²) < 4.78 is 12.5. The molecule has 0 unspecified atom stereocenters. The van der Waals surface area contributed by atoms with Gasteiger partial charge in [-0.3, -0.25) is 4.79 Å². The van der Waals surface area contributed by atoms with Gasteiger partial charge in [0.05, 0.1) is 12.4 Å². The fraction of sp³-hybridized carbons (Fsp3) is 0.222. The minimum atomic E-state index is -1.01. The number of anilines is 1. The number of hydrogen-bond acceptors (Lipinski definition) is 4. The summed E-state index contributed by atoms with van der Waals surface area (Å²) in [6, 6.07) is 0. The molecule has 0 aliphatic heterocycles. The highest BCUT2D eigenvalue weighted by atomic mass is 19.1. The van der Waals surface area contributed by atoms with Crippen molar-refractivity contribution in [2.45, 2.75) is 0 Å². The number of carbonyl (C=O) groups is 1. The maximum atomic E-state index is 12.5. The first kappa shape index (κ1) is 11.1. The van der Waals surface area contributed by atoms with Crippen LogP contribution < -0.4 is 4.90 Å². The molecule has 0 spiro atoms. The molecule has 0 aliphatic rings. The molecule has 1 rings (SSSR count). The molecule has 15 heavy (non-hydrogen) atoms. The number of carboxylic acid groups (broad SMARTS) is 1. The molecular formula is C9H10FN3O2. The second-order valence-electron chi connectivity index (χ2n) is 2.76. The van der Waals surface area contributed by atoms with Crippen LogP contribution in [0.2, 0.25) is 0 Å². The Balaban J connectivity index is 2.83. The van der Waals surface area contributed by atoms with Crippen molar-refractivity contribution in [3.8, 4) is 0 Å². The predicted octanol–water partition coefficient (Wildman–Crippen LogP) is 0.693. The van der Waals surface area contributed by atoms with E-state index in [1.807, 2.05) is 0 Å². The van der Waals surface area contributed by atoms with Crippen molar-refractivity contribution in [1.82, 2.24) is 9.97 Å². The zero-order valence-electron chi connectivity index (χ0n) is 7.93. The topological polar surface area (TPSA) is 66.3 Å². The number of carboxylic acids is 1. The van der Waals surface area contributed by atoms with Crippen molar-refractivity contribution in [2.24, 2.45) is 0 Å². The maximum Gasteiger partial charge on any atom is 0.323 e. The van der Waals surface area contributed by atoms with E-state index >= 15 is 0 Å². The average Bonchev–Trinajstić information content (AvgIpc) is 2.17. The summed E-state index contributed by atoms with van der Waals surface area (Å²) in [6.45, 7) is 3.52. The number of hydrogen-bond donors (Lipinski definition) is 1. The van der Waals surface area contributed by atoms with E-state index in [1.54, 1.807) is 0 Å². The molecular weight excluding hydrogens is 201 g/mol. The number of rotatable bonds is 5. The average molecular weight is 211 g/mol. The fourth-order valence-corrected chi connectivity index (χ4v) is 1.00. The van der Waals surface area contributed by atoms with E-state index < -0.39 is 11.8 Å². The van der Waals surface area contributed by atoms with E-state index in [9.17, 15) is 9.18 Å². The molecule has 0 saturated heterocycles. The van der Waals surface area contributed by atoms with E-state index in [2.05, 4.69) is 16.5 Å². The molecule has 0 amide bonds. The number of halogens is 1. The van der Waals surface area contributed by atoms with Gasteiger partial charge >= 0.3 is 5.97 Å². The van der Waals surface area contributed by atoms with Crippen LogP contribution in [0.25, 0.3) is 0 Å². The Morgan fingerprint density at radius 3 is 2.67 bits per heavy atom. The van der Waals surface area contributed by atoms with Crippen LogP contribution in [0, 0.1) is 5.82 Å². The molecule has 6 heteroatoms. The van der Waals surface area contributed by atoms with Crippen LogP contribution in [-0.4, -0.2) is 34.1 Å². The normalized spacial score (nSPS) is 9.67. The van der Waals surface area contributed by atoms with E-state index in [-0.39, 0.29) is 19.0 Å². The molecule has 1 N–H and O–H groups in total. The van der Waals surface area contributed by atoms with Crippen molar-refractivity contribution in [1.29, 1.82) is 0 Å². The van der Waals surface area contributed by atoms with Gasteiger partial charge in [0.15, 0.2) is 5.82 Å². The first-order valence-electron chi connectivity index (χ1n) is 4.18. The fourth-order valence-electron chi connectivity index (χ4n) is 1.00. The SMILES string of the molecule is C=CCN(CC(=O)O)c1ncc(F)cn1. The molecule has 0 bridgehead atoms. The van der Waals surface area contributed by atoms with Gasteiger partial charge in [-0.05, 0) is 0 Å². The summed E-state index contributed by atoms with van der Waals surface area (Å²) in [4.78, 5) is 19.2. The molecule has 5 nitrogen and oxygen atoms in total. The lowest BCUT2D eigenvalue weighted by atomic mass is 10.4. The minimum Gasteiger partial charge on any atom is -0.480 e. The van der Waals surface area contributed by atoms with Crippen molar-refractivity contribution in [3.63, 3.8) is 0 Å². The van der Waals surface area contributed by atoms with Crippen LogP contribution in [0.4, 0.5) is 10.3 Å². The zero-order valence-corrected chi connectivity index (χ0v) is 7.93. The van der Waals surface area contributed by atoms with Gasteiger partial charge in [0, 0.05) is 6.54 Å². The van der Waals surface area contributed by atoms with Gasteiger partial charge < -0.3 is 10.0 Å². The molecule has 0 fully saturated rings. The summed E-state index contributed by atoms with van der Waals surface area (Å²) in [5.74, 6) is -1.41. The zero-order chi connectivity index (χ0) is 11.3. The lowest BCUT2D eigenvalue weighted by Crippen LogP contribution is -2.31. The van der Waals surface area contributed by atoms with Crippen molar-refractivity contribution in [3.05, 3.63) is 30.9 Å². The van der Waals surface area contributed by atoms with Crippen molar-refractivity contribution < 1.29 is 14.3 Å². The first-order chi connectivity index (χ1) is 7.13. The number of nitrogens with zero attached hydrogens (tertiary/aromatic N) is 3. The van der Waals surface area contributed by atoms with Crippen LogP contribution in [-0.2, 0) is 4.79 Å². The molecule has 80 valence electrons. The highest BCUT2D eigenvalue weighted by Gasteiger charge is 2.11. The summed E-state index contributed by atoms with van der Waals surface area (Å²) in [7, 11) is 0. The molecule has 0 radical (unpaired) electrons. The summed E-state index contributed by atoms with van der Waals surface area (Å²) in [6.07, 6.45) is 3.50. The third-order valence-electron chi connectivity index (χ3n) is 1.57. The van der Waals surface area contributed by atoms with Gasteiger partial charge in [0.1, 0.15) is 6.54 Å². The predicted molar refractivity (Wildman–Crippen MR) is 52.0 cm³/mol. The summed E-state index contributed by atoms with van der Waals surface area (Å²) in [5.41, 5.74) is 0. The quantitative estimate of drug-likeness (QED) is 0.726. The van der Waals surface area contributed by atoms with Crippen LogP contribution in [0.5, 0.6) is 0 Å². The molecule has 1 aromatic rings. The number of aromatic nitrogens is 2. The third kappa shape index (κ3) is 3.34. The second kappa shape index (κ2) is 5.04. The van der Waals surface area contributed by atoms with Gasteiger partial charge in [-0.2, -0.15) is 0 Å². The first-order valence-corrected chi connectivity index (χ1v) is 4.18. The van der Waals surface area contributed by atoms with Crippen LogP contribution in [0.15, 0.2) is 25.0 Å². The molecule has 0 atom stereocenters. The Bertz CT molecular complexity index is 353. The highest BCUT2D eigenvalue weighted by Crippen LogP contribution is 2.05. The Morgan fingerprint density at radius 2 is 2.20 bits per heavy atom. The van der Waals surface area contributed by atoms with Gasteiger partial charge in [0.2, 0.25) is 5.95 Å². The standard InChI is InChI=1S/C9H10FN3O2/c1-2-3-13(6-8(14)15)9-11-4-7(10)5-12-9/h2,4-5H,1,3,6H2,(H,14,15). The molecule has 1 aromatic heterocycles. The largest absolute Gasteiger partial charge is 0.480 e. The van der Waals surface area contributed by atoms with E-state index in [0.29, 0.717) is 0 Å². The van der Waals surface area contributed by atoms with E-state index in [0.717, 1.165) is 12.4 Å². The van der Waals surface area contributed by atoms with E-state index in [1.165, 1.54) is 11.0 Å². The summed E-state index contributed by atoms with van der Waals surface area (Å²) >= 11 is 0. The Hall–Kier alpha value is -1.98. The van der Waals surface area contributed by atoms with Gasteiger partial charge in [-0.25, -0.2) is 14.4 Å². The Labute approximate surface area is 85.9 Å². The van der Waals surface area contributed by atoms with Gasteiger partial charge in [0.25, 0.3) is 0 Å². The second-order valence-corrected chi connectivity index (χ2v) is 2.76. The molecule has 0 saturated carbocycles. The highest BCUT2D eigenvalue weighted by molar-refractivity contribution is 5.72. The molecule has 1 heterocycles. The van der Waals surface area contributed by atoms with Crippen LogP contribution in [0.1, 0.15) is 0 Å². The van der Waals surface area contributed by atoms with Crippen molar-refractivity contribution >= 4 is 11.9 Å². The maximum absolute atomic E-state index is 12.5. The smallest absolute Gasteiger partial charge is 0.323 e. The molecule has 0 aliphatic carbocycles. The number of aliphatic carboxylic acids is 1. The monoisotopic (exact) mass is 211 g/mol. The van der Waals surface area contributed by atoms with Gasteiger partial charge in [-0.15, -0.1) is 6.58 Å². The lowest BCUT2D eigenvalue weighted by Gasteiger charge is -2.17. The van der Waals surface area contributed by atoms with Gasteiger partial charge in [-0.1, -0.05) is 6.08 Å². The Kier molecular flexibility index (Phi) is 3.73. The summed E-state index contributed by atoms with van der Waals surface area (Å²) in [5, 5.41) is 8.62. The lowest BCUT2D eigenvalue weighted by molar-refractivity contribution is -0.135. The molecule has 0 aromatic carbocycles. The van der Waals surface area contributed by atoms with Crippen LogP contribution >= 0.6 is 0 Å². The Morgan fingerprint density at radius 1 is 1.60 bits per heavy atom. The van der Waals surface area contributed by atoms with E-state index in [4.69, 9.17) is 5.11 Å². The van der Waals surface area contributed by atoms with Crippen molar-refractivity contribution in [2.75, 3.05) is 18.0 Å². The van der Waals surface area contributed by atoms with Crippen LogP contribution in [0.3, 0.4) is 0 Å². The third-order valence-corrected chi connectivity index (χ3v) is 1.57.